The van der Waals surface area contributed by atoms with Gasteiger partial charge in [-0.1, -0.05) is 60.7 Å². The van der Waals surface area contributed by atoms with Crippen molar-refractivity contribution in [3.05, 3.63) is 96.1 Å². The van der Waals surface area contributed by atoms with Gasteiger partial charge in [-0.05, 0) is 47.0 Å². The van der Waals surface area contributed by atoms with Crippen LogP contribution in [-0.2, 0) is 11.2 Å². The highest BCUT2D eigenvalue weighted by Crippen LogP contribution is 2.39. The minimum absolute atomic E-state index is 0.183. The Morgan fingerprint density at radius 3 is 2.38 bits per heavy atom. The summed E-state index contributed by atoms with van der Waals surface area (Å²) in [6.07, 6.45) is 0.204. The van der Waals surface area contributed by atoms with E-state index in [2.05, 4.69) is 6.07 Å². The molecule has 1 heterocycles. The molecule has 0 N–H and O–H groups in total. The summed E-state index contributed by atoms with van der Waals surface area (Å²) >= 11 is 0. The molecule has 4 aromatic rings. The van der Waals surface area contributed by atoms with Crippen molar-refractivity contribution < 1.29 is 18.3 Å². The van der Waals surface area contributed by atoms with E-state index in [0.717, 1.165) is 33.5 Å². The zero-order chi connectivity index (χ0) is 27.6. The van der Waals surface area contributed by atoms with E-state index in [0.29, 0.717) is 31.9 Å². The van der Waals surface area contributed by atoms with Gasteiger partial charge in [-0.3, -0.25) is 4.79 Å². The molecule has 198 valence electrons. The van der Waals surface area contributed by atoms with Gasteiger partial charge >= 0.3 is 0 Å². The van der Waals surface area contributed by atoms with Crippen LogP contribution in [0, 0.1) is 28.4 Å². The Bertz CT molecular complexity index is 1570. The molecule has 0 spiro atoms. The predicted octanol–water partition coefficient (Wildman–Crippen LogP) is 6.21. The van der Waals surface area contributed by atoms with Gasteiger partial charge in [0.15, 0.2) is 11.6 Å². The maximum atomic E-state index is 14.3. The van der Waals surface area contributed by atoms with Gasteiger partial charge in [-0.15, -0.1) is 0 Å². The average Bonchev–Trinajstić information content (AvgIpc) is 2.98. The molecule has 1 unspecified atom stereocenters. The third kappa shape index (κ3) is 4.90. The number of piperazine rings is 1. The van der Waals surface area contributed by atoms with Crippen LogP contribution in [0.25, 0.3) is 21.9 Å². The molecule has 1 fully saturated rings. The summed E-state index contributed by atoms with van der Waals surface area (Å²) in [5.41, 5.74) is 1.54. The van der Waals surface area contributed by atoms with E-state index < -0.39 is 17.0 Å². The van der Waals surface area contributed by atoms with Crippen LogP contribution in [0.2, 0.25) is 0 Å². The van der Waals surface area contributed by atoms with Crippen molar-refractivity contribution >= 4 is 22.4 Å². The van der Waals surface area contributed by atoms with Crippen molar-refractivity contribution in [1.82, 2.24) is 4.90 Å². The summed E-state index contributed by atoms with van der Waals surface area (Å²) in [7, 11) is 1.62. The van der Waals surface area contributed by atoms with Crippen molar-refractivity contribution in [2.45, 2.75) is 13.3 Å². The normalized spacial score (nSPS) is 15.1. The van der Waals surface area contributed by atoms with Crippen LogP contribution in [0.4, 0.5) is 14.5 Å². The molecular weight excluding hydrogens is 496 g/mol. The molecule has 39 heavy (non-hydrogen) atoms. The van der Waals surface area contributed by atoms with Crippen molar-refractivity contribution in [3.63, 3.8) is 0 Å². The Morgan fingerprint density at radius 1 is 0.923 bits per heavy atom. The lowest BCUT2D eigenvalue weighted by atomic mass is 9.79. The molecule has 1 atom stereocenters. The van der Waals surface area contributed by atoms with Gasteiger partial charge in [0.25, 0.3) is 0 Å². The summed E-state index contributed by atoms with van der Waals surface area (Å²) in [5, 5.41) is 12.3. The second-order valence-electron chi connectivity index (χ2n) is 9.99. The number of carbonyl (C=O) groups is 1. The fraction of sp³-hybridized carbons (Fsp3) is 0.250. The van der Waals surface area contributed by atoms with E-state index in [9.17, 15) is 18.8 Å². The molecule has 5 rings (SSSR count). The number of carbonyl (C=O) groups excluding carboxylic acids is 1. The Hall–Kier alpha value is -4.44. The van der Waals surface area contributed by atoms with Crippen LogP contribution in [0.3, 0.4) is 0 Å². The molecule has 1 aliphatic rings. The molecule has 0 radical (unpaired) electrons. The van der Waals surface area contributed by atoms with E-state index in [-0.39, 0.29) is 18.0 Å². The molecule has 0 saturated carbocycles. The van der Waals surface area contributed by atoms with Crippen molar-refractivity contribution in [2.24, 2.45) is 5.41 Å². The van der Waals surface area contributed by atoms with E-state index in [1.54, 1.807) is 23.8 Å². The van der Waals surface area contributed by atoms with Gasteiger partial charge in [0.1, 0.15) is 11.2 Å². The number of nitriles is 1. The Labute approximate surface area is 226 Å². The van der Waals surface area contributed by atoms with Crippen LogP contribution in [0.5, 0.6) is 5.75 Å². The zero-order valence-electron chi connectivity index (χ0n) is 22.0. The molecule has 1 saturated heterocycles. The standard InChI is InChI=1S/C32H29F2N3O2/c1-32(21-35,31(38)37-18-16-36(17-19-37)28-12-7-11-27(33)30(28)34)20-26-23-9-4-3-8-22(23)14-15-24(26)25-10-5-6-13-29(25)39-2/h3-15H,16-20H2,1-2H3. The number of fused-ring (bicyclic) bond motifs is 1. The molecule has 1 amide bonds. The highest BCUT2D eigenvalue weighted by molar-refractivity contribution is 5.94. The molecular formula is C32H29F2N3O2. The summed E-state index contributed by atoms with van der Waals surface area (Å²) in [6, 6.07) is 26.1. The van der Waals surface area contributed by atoms with Crippen LogP contribution >= 0.6 is 0 Å². The lowest BCUT2D eigenvalue weighted by Crippen LogP contribution is -2.53. The third-order valence-corrected chi connectivity index (χ3v) is 7.53. The monoisotopic (exact) mass is 525 g/mol. The van der Waals surface area contributed by atoms with Crippen molar-refractivity contribution in [3.8, 4) is 22.9 Å². The maximum absolute atomic E-state index is 14.3. The van der Waals surface area contributed by atoms with Gasteiger partial charge in [0.2, 0.25) is 5.91 Å². The Kier molecular flexibility index (Phi) is 7.21. The first-order valence-corrected chi connectivity index (χ1v) is 12.9. The van der Waals surface area contributed by atoms with Crippen LogP contribution < -0.4 is 9.64 Å². The number of methoxy groups -OCH3 is 1. The summed E-state index contributed by atoms with van der Waals surface area (Å²) in [4.78, 5) is 17.2. The second kappa shape index (κ2) is 10.7. The fourth-order valence-electron chi connectivity index (χ4n) is 5.40. The quantitative estimate of drug-likeness (QED) is 0.300. The molecule has 5 nitrogen and oxygen atoms in total. The van der Waals surface area contributed by atoms with Gasteiger partial charge in [-0.2, -0.15) is 5.26 Å². The number of benzene rings is 4. The fourth-order valence-corrected chi connectivity index (χ4v) is 5.40. The largest absolute Gasteiger partial charge is 0.496 e. The molecule has 1 aliphatic heterocycles. The predicted molar refractivity (Wildman–Crippen MR) is 149 cm³/mol. The van der Waals surface area contributed by atoms with E-state index in [1.165, 1.54) is 12.1 Å². The number of ether oxygens (including phenoxy) is 1. The minimum atomic E-state index is -1.34. The Morgan fingerprint density at radius 2 is 1.64 bits per heavy atom. The first-order chi connectivity index (χ1) is 18.9. The van der Waals surface area contributed by atoms with Gasteiger partial charge in [0.05, 0.1) is 18.9 Å². The molecule has 4 aromatic carbocycles. The van der Waals surface area contributed by atoms with Crippen LogP contribution in [0.1, 0.15) is 12.5 Å². The Balaban J connectivity index is 1.46. The number of halogens is 2. The molecule has 0 bridgehead atoms. The number of hydrogen-bond donors (Lipinski definition) is 0. The van der Waals surface area contributed by atoms with Crippen molar-refractivity contribution in [2.75, 3.05) is 38.2 Å². The van der Waals surface area contributed by atoms with Crippen LogP contribution in [0.15, 0.2) is 78.9 Å². The summed E-state index contributed by atoms with van der Waals surface area (Å²) in [5.74, 6) is -1.36. The highest BCUT2D eigenvalue weighted by Gasteiger charge is 2.39. The number of para-hydroxylation sites is 1. The summed E-state index contributed by atoms with van der Waals surface area (Å²) in [6.45, 7) is 2.98. The van der Waals surface area contributed by atoms with Gasteiger partial charge in [-0.25, -0.2) is 8.78 Å². The zero-order valence-corrected chi connectivity index (χ0v) is 22.0. The lowest BCUT2D eigenvalue weighted by Gasteiger charge is -2.39. The SMILES string of the molecule is COc1ccccc1-c1ccc2ccccc2c1CC(C)(C#N)C(=O)N1CCN(c2cccc(F)c2F)CC1. The molecule has 0 aromatic heterocycles. The smallest absolute Gasteiger partial charge is 0.243 e. The van der Waals surface area contributed by atoms with E-state index in [1.807, 2.05) is 60.7 Å². The number of hydrogen-bond acceptors (Lipinski definition) is 4. The molecule has 0 aliphatic carbocycles. The minimum Gasteiger partial charge on any atom is -0.496 e. The molecule has 7 heteroatoms. The first-order valence-electron chi connectivity index (χ1n) is 12.9. The van der Waals surface area contributed by atoms with Gasteiger partial charge < -0.3 is 14.5 Å². The van der Waals surface area contributed by atoms with Crippen molar-refractivity contribution in [1.29, 1.82) is 5.26 Å². The van der Waals surface area contributed by atoms with Gasteiger partial charge in [0, 0.05) is 38.2 Å². The number of anilines is 1. The average molecular weight is 526 g/mol. The second-order valence-corrected chi connectivity index (χ2v) is 9.99. The highest BCUT2D eigenvalue weighted by atomic mass is 19.2. The third-order valence-electron chi connectivity index (χ3n) is 7.53. The summed E-state index contributed by atoms with van der Waals surface area (Å²) < 4.78 is 33.7. The number of nitrogens with zero attached hydrogens (tertiary/aromatic N) is 3. The van der Waals surface area contributed by atoms with E-state index in [4.69, 9.17) is 4.74 Å². The first kappa shape index (κ1) is 26.2. The van der Waals surface area contributed by atoms with Crippen LogP contribution in [-0.4, -0.2) is 44.1 Å². The van der Waals surface area contributed by atoms with E-state index >= 15 is 0 Å². The number of amides is 1. The lowest BCUT2D eigenvalue weighted by molar-refractivity contribution is -0.138. The maximum Gasteiger partial charge on any atom is 0.243 e. The topological polar surface area (TPSA) is 56.6 Å². The number of rotatable bonds is 6.